The quantitative estimate of drug-likeness (QED) is 0.519. The highest BCUT2D eigenvalue weighted by atomic mass is 14.2. The zero-order valence-corrected chi connectivity index (χ0v) is 9.69. The Hall–Kier alpha value is -0.520. The molecule has 0 rings (SSSR count). The predicted octanol–water partition coefficient (Wildman–Crippen LogP) is 4.73. The summed E-state index contributed by atoms with van der Waals surface area (Å²) >= 11 is 0. The van der Waals surface area contributed by atoms with Crippen LogP contribution in [-0.2, 0) is 0 Å². The van der Waals surface area contributed by atoms with Crippen LogP contribution in [0, 0.1) is 5.92 Å². The topological polar surface area (TPSA) is 0 Å². The van der Waals surface area contributed by atoms with Gasteiger partial charge in [0.25, 0.3) is 0 Å². The van der Waals surface area contributed by atoms with E-state index in [0.717, 1.165) is 5.92 Å². The van der Waals surface area contributed by atoms with Crippen LogP contribution < -0.4 is 0 Å². The van der Waals surface area contributed by atoms with Crippen molar-refractivity contribution in [2.24, 2.45) is 5.92 Å². The molecule has 0 N–H and O–H groups in total. The highest BCUT2D eigenvalue weighted by Gasteiger charge is 2.10. The highest BCUT2D eigenvalue weighted by molar-refractivity contribution is 5.26. The van der Waals surface area contributed by atoms with Crippen molar-refractivity contribution in [2.45, 2.75) is 53.4 Å². The second-order valence-electron chi connectivity index (χ2n) is 3.48. The second kappa shape index (κ2) is 6.94. The van der Waals surface area contributed by atoms with Crippen molar-refractivity contribution in [1.82, 2.24) is 0 Å². The molecule has 0 aromatic heterocycles. The molecule has 0 aliphatic heterocycles. The van der Waals surface area contributed by atoms with E-state index in [4.69, 9.17) is 0 Å². The standard InChI is InChI=1S/C13H24/c1-6-11(7-2)13(10-5)12(8-3)9-4/h10-11H,5-9H2,1-4H3. The Kier molecular flexibility index (Phi) is 6.66. The zero-order valence-electron chi connectivity index (χ0n) is 9.69. The van der Waals surface area contributed by atoms with Crippen molar-refractivity contribution < 1.29 is 0 Å². The molecule has 0 nitrogen and oxygen atoms in total. The van der Waals surface area contributed by atoms with Crippen LogP contribution in [0.3, 0.4) is 0 Å². The van der Waals surface area contributed by atoms with Crippen LogP contribution >= 0.6 is 0 Å². The van der Waals surface area contributed by atoms with Gasteiger partial charge in [0.2, 0.25) is 0 Å². The van der Waals surface area contributed by atoms with Crippen molar-refractivity contribution in [2.75, 3.05) is 0 Å². The molecule has 0 unspecified atom stereocenters. The van der Waals surface area contributed by atoms with Crippen LogP contribution in [0.15, 0.2) is 23.8 Å². The number of hydrogen-bond acceptors (Lipinski definition) is 0. The molecule has 0 aliphatic rings. The lowest BCUT2D eigenvalue weighted by molar-refractivity contribution is 0.574. The molecule has 0 aliphatic carbocycles. The molecular weight excluding hydrogens is 156 g/mol. The Morgan fingerprint density at radius 3 is 1.77 bits per heavy atom. The fourth-order valence-corrected chi connectivity index (χ4v) is 1.99. The van der Waals surface area contributed by atoms with E-state index in [0.29, 0.717) is 0 Å². The number of rotatable bonds is 6. The third-order valence-corrected chi connectivity index (χ3v) is 2.91. The molecule has 0 amide bonds. The largest absolute Gasteiger partial charge is 0.0988 e. The fourth-order valence-electron chi connectivity index (χ4n) is 1.99. The summed E-state index contributed by atoms with van der Waals surface area (Å²) in [6.07, 6.45) is 6.89. The van der Waals surface area contributed by atoms with Gasteiger partial charge in [-0.05, 0) is 37.2 Å². The van der Waals surface area contributed by atoms with Gasteiger partial charge in [0, 0.05) is 0 Å². The minimum Gasteiger partial charge on any atom is -0.0988 e. The third kappa shape index (κ3) is 3.38. The Balaban J connectivity index is 4.80. The molecule has 0 heteroatoms. The first-order chi connectivity index (χ1) is 6.24. The average Bonchev–Trinajstić information content (AvgIpc) is 2.18. The first kappa shape index (κ1) is 12.5. The normalized spacial score (nSPS) is 10.2. The smallest absolute Gasteiger partial charge is 0.0168 e. The van der Waals surface area contributed by atoms with Crippen molar-refractivity contribution in [3.8, 4) is 0 Å². The predicted molar refractivity (Wildman–Crippen MR) is 61.9 cm³/mol. The average molecular weight is 180 g/mol. The lowest BCUT2D eigenvalue weighted by Crippen LogP contribution is -2.02. The zero-order chi connectivity index (χ0) is 10.3. The maximum Gasteiger partial charge on any atom is -0.0168 e. The van der Waals surface area contributed by atoms with Crippen LogP contribution in [0.2, 0.25) is 0 Å². The SMILES string of the molecule is C=CC(=C(CC)CC)C(CC)CC. The molecule has 0 saturated heterocycles. The monoisotopic (exact) mass is 180 g/mol. The van der Waals surface area contributed by atoms with Gasteiger partial charge >= 0.3 is 0 Å². The van der Waals surface area contributed by atoms with Crippen molar-refractivity contribution >= 4 is 0 Å². The molecule has 76 valence electrons. The Labute approximate surface area is 83.7 Å². The Bertz CT molecular complexity index is 164. The Morgan fingerprint density at radius 2 is 1.54 bits per heavy atom. The van der Waals surface area contributed by atoms with E-state index in [1.54, 1.807) is 5.57 Å². The fraction of sp³-hybridized carbons (Fsp3) is 0.692. The number of hydrogen-bond donors (Lipinski definition) is 0. The van der Waals surface area contributed by atoms with Crippen molar-refractivity contribution in [3.05, 3.63) is 23.8 Å². The van der Waals surface area contributed by atoms with Gasteiger partial charge in [-0.1, -0.05) is 45.9 Å². The van der Waals surface area contributed by atoms with E-state index in [1.807, 2.05) is 0 Å². The summed E-state index contributed by atoms with van der Waals surface area (Å²) in [4.78, 5) is 0. The van der Waals surface area contributed by atoms with E-state index < -0.39 is 0 Å². The van der Waals surface area contributed by atoms with Crippen LogP contribution in [0.5, 0.6) is 0 Å². The van der Waals surface area contributed by atoms with E-state index >= 15 is 0 Å². The summed E-state index contributed by atoms with van der Waals surface area (Å²) in [6, 6.07) is 0. The van der Waals surface area contributed by atoms with E-state index in [9.17, 15) is 0 Å². The molecule has 0 bridgehead atoms. The second-order valence-corrected chi connectivity index (χ2v) is 3.48. The molecule has 0 aromatic carbocycles. The molecule has 0 atom stereocenters. The van der Waals surface area contributed by atoms with Gasteiger partial charge in [0.1, 0.15) is 0 Å². The van der Waals surface area contributed by atoms with E-state index in [-0.39, 0.29) is 0 Å². The molecule has 0 aromatic rings. The van der Waals surface area contributed by atoms with Gasteiger partial charge in [0.05, 0.1) is 0 Å². The number of allylic oxidation sites excluding steroid dienone is 3. The van der Waals surface area contributed by atoms with Crippen molar-refractivity contribution in [3.63, 3.8) is 0 Å². The first-order valence-electron chi connectivity index (χ1n) is 5.59. The van der Waals surface area contributed by atoms with Gasteiger partial charge < -0.3 is 0 Å². The molecule has 0 heterocycles. The van der Waals surface area contributed by atoms with Crippen LogP contribution in [0.25, 0.3) is 0 Å². The van der Waals surface area contributed by atoms with Gasteiger partial charge in [-0.15, -0.1) is 0 Å². The van der Waals surface area contributed by atoms with Gasteiger partial charge in [-0.2, -0.15) is 0 Å². The van der Waals surface area contributed by atoms with Crippen LogP contribution in [0.4, 0.5) is 0 Å². The molecule has 0 radical (unpaired) electrons. The maximum absolute atomic E-state index is 3.94. The summed E-state index contributed by atoms with van der Waals surface area (Å²) in [5.74, 6) is 0.729. The molecule has 13 heavy (non-hydrogen) atoms. The van der Waals surface area contributed by atoms with Gasteiger partial charge in [0.15, 0.2) is 0 Å². The summed E-state index contributed by atoms with van der Waals surface area (Å²) in [7, 11) is 0. The van der Waals surface area contributed by atoms with Crippen LogP contribution in [0.1, 0.15) is 53.4 Å². The third-order valence-electron chi connectivity index (χ3n) is 2.91. The van der Waals surface area contributed by atoms with Gasteiger partial charge in [-0.25, -0.2) is 0 Å². The minimum absolute atomic E-state index is 0.729. The van der Waals surface area contributed by atoms with Crippen LogP contribution in [-0.4, -0.2) is 0 Å². The highest BCUT2D eigenvalue weighted by Crippen LogP contribution is 2.26. The molecule has 0 fully saturated rings. The first-order valence-corrected chi connectivity index (χ1v) is 5.59. The summed E-state index contributed by atoms with van der Waals surface area (Å²) in [5.41, 5.74) is 3.10. The molecule has 0 spiro atoms. The molecular formula is C13H24. The summed E-state index contributed by atoms with van der Waals surface area (Å²) in [5, 5.41) is 0. The summed E-state index contributed by atoms with van der Waals surface area (Å²) in [6.45, 7) is 12.9. The van der Waals surface area contributed by atoms with Crippen molar-refractivity contribution in [1.29, 1.82) is 0 Å². The lowest BCUT2D eigenvalue weighted by atomic mass is 9.88. The summed E-state index contributed by atoms with van der Waals surface area (Å²) < 4.78 is 0. The maximum atomic E-state index is 3.94. The molecule has 0 saturated carbocycles. The van der Waals surface area contributed by atoms with E-state index in [1.165, 1.54) is 31.3 Å². The Morgan fingerprint density at radius 1 is 1.08 bits per heavy atom. The van der Waals surface area contributed by atoms with Gasteiger partial charge in [-0.3, -0.25) is 0 Å². The lowest BCUT2D eigenvalue weighted by Gasteiger charge is -2.18. The minimum atomic E-state index is 0.729. The van der Waals surface area contributed by atoms with E-state index in [2.05, 4.69) is 40.3 Å².